The van der Waals surface area contributed by atoms with Gasteiger partial charge in [0.1, 0.15) is 12.4 Å². The van der Waals surface area contributed by atoms with E-state index < -0.39 is 0 Å². The molecule has 1 aliphatic heterocycles. The zero-order valence-electron chi connectivity index (χ0n) is 14.2. The average molecular weight is 363 g/mol. The number of hydrogen-bond acceptors (Lipinski definition) is 4. The lowest BCUT2D eigenvalue weighted by Gasteiger charge is -2.20. The number of ether oxygens (including phenoxy) is 2. The summed E-state index contributed by atoms with van der Waals surface area (Å²) in [5.41, 5.74) is 3.65. The largest absolute Gasteiger partial charge is 0.491 e. The molecule has 0 atom stereocenters. The van der Waals surface area contributed by atoms with E-state index in [1.165, 1.54) is 0 Å². The van der Waals surface area contributed by atoms with E-state index in [0.29, 0.717) is 13.2 Å². The van der Waals surface area contributed by atoms with Gasteiger partial charge in [0.2, 0.25) is 0 Å². The predicted octanol–water partition coefficient (Wildman–Crippen LogP) is 3.74. The molecule has 0 spiro atoms. The average Bonchev–Trinajstić information content (AvgIpc) is 2.63. The highest BCUT2D eigenvalue weighted by atomic mass is 35.5. The molecule has 5 nitrogen and oxygen atoms in total. The summed E-state index contributed by atoms with van der Waals surface area (Å²) in [6.45, 7) is 2.01. The number of benzene rings is 2. The van der Waals surface area contributed by atoms with E-state index in [9.17, 15) is 4.79 Å². The summed E-state index contributed by atoms with van der Waals surface area (Å²) in [6.07, 6.45) is 1.98. The number of fused-ring (bicyclic) bond motifs is 1. The molecule has 2 N–H and O–H groups in total. The molecule has 0 saturated heterocycles. The lowest BCUT2D eigenvalue weighted by Crippen LogP contribution is -2.19. The summed E-state index contributed by atoms with van der Waals surface area (Å²) in [4.78, 5) is 12.6. The normalized spacial score (nSPS) is 12.4. The number of carbonyl (C=O) groups excluding carboxylic acids is 1. The van der Waals surface area contributed by atoms with Crippen molar-refractivity contribution in [1.82, 2.24) is 0 Å². The van der Waals surface area contributed by atoms with Gasteiger partial charge < -0.3 is 20.1 Å². The zero-order valence-corrected chi connectivity index (χ0v) is 15.0. The number of nitrogens with one attached hydrogen (secondary N) is 2. The summed E-state index contributed by atoms with van der Waals surface area (Å²) in [5, 5.41) is 6.30. The summed E-state index contributed by atoms with van der Waals surface area (Å²) in [7, 11) is 1.64. The standard InChI is InChI=1S/C19H22N2O3.ClH/c1-23-12-13-24-15-9-7-14(8-10-15)21-19(22)17-4-2-6-18-16(17)5-3-11-20-18;/h2,4,6-10,20H,3,5,11-13H2,1H3,(H,21,22);1H. The van der Waals surface area contributed by atoms with Crippen LogP contribution in [0.3, 0.4) is 0 Å². The first-order valence-electron chi connectivity index (χ1n) is 8.17. The monoisotopic (exact) mass is 362 g/mol. The van der Waals surface area contributed by atoms with E-state index in [-0.39, 0.29) is 18.3 Å². The van der Waals surface area contributed by atoms with Gasteiger partial charge in [-0.25, -0.2) is 0 Å². The minimum atomic E-state index is -0.0800. The molecule has 0 bridgehead atoms. The molecule has 6 heteroatoms. The Balaban J connectivity index is 0.00000225. The quantitative estimate of drug-likeness (QED) is 0.768. The van der Waals surface area contributed by atoms with Crippen molar-refractivity contribution in [3.63, 3.8) is 0 Å². The highest BCUT2D eigenvalue weighted by Gasteiger charge is 2.17. The number of halogens is 1. The minimum absolute atomic E-state index is 0. The Kier molecular flexibility index (Phi) is 7.10. The van der Waals surface area contributed by atoms with E-state index in [0.717, 1.165) is 47.6 Å². The highest BCUT2D eigenvalue weighted by molar-refractivity contribution is 6.06. The van der Waals surface area contributed by atoms with Crippen LogP contribution in [0, 0.1) is 0 Å². The molecular formula is C19H23ClN2O3. The van der Waals surface area contributed by atoms with E-state index in [1.54, 1.807) is 7.11 Å². The SMILES string of the molecule is COCCOc1ccc(NC(=O)c2cccc3c2CCCN3)cc1.Cl. The van der Waals surface area contributed by atoms with Gasteiger partial charge in [0.25, 0.3) is 5.91 Å². The van der Waals surface area contributed by atoms with Crippen LogP contribution in [0.15, 0.2) is 42.5 Å². The van der Waals surface area contributed by atoms with Crippen LogP contribution in [0.25, 0.3) is 0 Å². The summed E-state index contributed by atoms with van der Waals surface area (Å²) < 4.78 is 10.5. The van der Waals surface area contributed by atoms with Gasteiger partial charge in [-0.05, 0) is 54.8 Å². The van der Waals surface area contributed by atoms with Crippen molar-refractivity contribution in [2.45, 2.75) is 12.8 Å². The second-order valence-electron chi connectivity index (χ2n) is 5.68. The predicted molar refractivity (Wildman–Crippen MR) is 102 cm³/mol. The molecule has 0 aliphatic carbocycles. The molecule has 1 heterocycles. The Morgan fingerprint density at radius 3 is 2.72 bits per heavy atom. The van der Waals surface area contributed by atoms with Crippen molar-refractivity contribution in [2.24, 2.45) is 0 Å². The molecule has 134 valence electrons. The van der Waals surface area contributed by atoms with Crippen molar-refractivity contribution in [2.75, 3.05) is 37.5 Å². The molecular weight excluding hydrogens is 340 g/mol. The van der Waals surface area contributed by atoms with E-state index >= 15 is 0 Å². The molecule has 0 saturated carbocycles. The van der Waals surface area contributed by atoms with Crippen molar-refractivity contribution in [1.29, 1.82) is 0 Å². The first-order chi connectivity index (χ1) is 11.8. The lowest BCUT2D eigenvalue weighted by molar-refractivity contribution is 0.102. The smallest absolute Gasteiger partial charge is 0.256 e. The number of rotatable bonds is 6. The van der Waals surface area contributed by atoms with Crippen LogP contribution in [-0.4, -0.2) is 32.8 Å². The molecule has 2 aromatic rings. The fourth-order valence-corrected chi connectivity index (χ4v) is 2.80. The third-order valence-corrected chi connectivity index (χ3v) is 4.01. The molecule has 0 aromatic heterocycles. The third-order valence-electron chi connectivity index (χ3n) is 4.01. The number of methoxy groups -OCH3 is 1. The Hall–Kier alpha value is -2.24. The topological polar surface area (TPSA) is 59.6 Å². The second-order valence-corrected chi connectivity index (χ2v) is 5.68. The van der Waals surface area contributed by atoms with Crippen LogP contribution in [-0.2, 0) is 11.2 Å². The van der Waals surface area contributed by atoms with E-state index in [4.69, 9.17) is 9.47 Å². The fourth-order valence-electron chi connectivity index (χ4n) is 2.80. The summed E-state index contributed by atoms with van der Waals surface area (Å²) in [5.74, 6) is 0.676. The minimum Gasteiger partial charge on any atom is -0.491 e. The Morgan fingerprint density at radius 2 is 1.96 bits per heavy atom. The van der Waals surface area contributed by atoms with Gasteiger partial charge in [-0.1, -0.05) is 6.07 Å². The van der Waals surface area contributed by atoms with Crippen molar-refractivity contribution >= 4 is 29.7 Å². The van der Waals surface area contributed by atoms with Crippen LogP contribution in [0.2, 0.25) is 0 Å². The third kappa shape index (κ3) is 4.87. The van der Waals surface area contributed by atoms with Crippen molar-refractivity contribution in [3.8, 4) is 5.75 Å². The zero-order chi connectivity index (χ0) is 16.8. The highest BCUT2D eigenvalue weighted by Crippen LogP contribution is 2.26. The first-order valence-corrected chi connectivity index (χ1v) is 8.17. The lowest BCUT2D eigenvalue weighted by atomic mass is 9.97. The van der Waals surface area contributed by atoms with Gasteiger partial charge in [-0.15, -0.1) is 12.4 Å². The Labute approximate surface area is 154 Å². The van der Waals surface area contributed by atoms with Gasteiger partial charge in [0.15, 0.2) is 0 Å². The fraction of sp³-hybridized carbons (Fsp3) is 0.316. The van der Waals surface area contributed by atoms with Crippen LogP contribution < -0.4 is 15.4 Å². The molecule has 1 aliphatic rings. The van der Waals surface area contributed by atoms with Crippen molar-refractivity contribution in [3.05, 3.63) is 53.6 Å². The molecule has 0 fully saturated rings. The Morgan fingerprint density at radius 1 is 1.16 bits per heavy atom. The van der Waals surface area contributed by atoms with Crippen molar-refractivity contribution < 1.29 is 14.3 Å². The number of carbonyl (C=O) groups is 1. The summed E-state index contributed by atoms with van der Waals surface area (Å²) >= 11 is 0. The molecule has 2 aromatic carbocycles. The second kappa shape index (κ2) is 9.30. The van der Waals surface area contributed by atoms with E-state index in [2.05, 4.69) is 10.6 Å². The Bertz CT molecular complexity index is 704. The number of amides is 1. The van der Waals surface area contributed by atoms with Gasteiger partial charge >= 0.3 is 0 Å². The maximum atomic E-state index is 12.6. The number of anilines is 2. The van der Waals surface area contributed by atoms with Crippen LogP contribution in [0.4, 0.5) is 11.4 Å². The van der Waals surface area contributed by atoms with Crippen LogP contribution in [0.5, 0.6) is 5.75 Å². The first kappa shape index (κ1) is 19.1. The van der Waals surface area contributed by atoms with Gasteiger partial charge in [-0.2, -0.15) is 0 Å². The van der Waals surface area contributed by atoms with Crippen LogP contribution in [0.1, 0.15) is 22.3 Å². The van der Waals surface area contributed by atoms with Gasteiger partial charge in [0, 0.05) is 30.6 Å². The van der Waals surface area contributed by atoms with Gasteiger partial charge in [-0.3, -0.25) is 4.79 Å². The maximum absolute atomic E-state index is 12.6. The molecule has 0 unspecified atom stereocenters. The van der Waals surface area contributed by atoms with E-state index in [1.807, 2.05) is 42.5 Å². The van der Waals surface area contributed by atoms with Gasteiger partial charge in [0.05, 0.1) is 6.61 Å². The molecule has 25 heavy (non-hydrogen) atoms. The molecule has 3 rings (SSSR count). The molecule has 0 radical (unpaired) electrons. The number of hydrogen-bond donors (Lipinski definition) is 2. The summed E-state index contributed by atoms with van der Waals surface area (Å²) in [6, 6.07) is 13.2. The maximum Gasteiger partial charge on any atom is 0.256 e. The van der Waals surface area contributed by atoms with Crippen LogP contribution >= 0.6 is 12.4 Å². The molecule has 1 amide bonds.